The fourth-order valence-corrected chi connectivity index (χ4v) is 2.04. The van der Waals surface area contributed by atoms with Gasteiger partial charge in [0.15, 0.2) is 0 Å². The van der Waals surface area contributed by atoms with Crippen LogP contribution in [-0.4, -0.2) is 35.6 Å². The zero-order valence-corrected chi connectivity index (χ0v) is 10.3. The minimum Gasteiger partial charge on any atom is -0.481 e. The minimum absolute atomic E-state index is 0.116. The lowest BCUT2D eigenvalue weighted by Gasteiger charge is -2.26. The Bertz CT molecular complexity index is 456. The summed E-state index contributed by atoms with van der Waals surface area (Å²) in [7, 11) is 1.76. The van der Waals surface area contributed by atoms with Crippen molar-refractivity contribution in [3.63, 3.8) is 0 Å². The van der Waals surface area contributed by atoms with Gasteiger partial charge < -0.3 is 5.11 Å². The molecule has 1 aromatic rings. The Balaban J connectivity index is 2.03. The first-order chi connectivity index (χ1) is 8.58. The summed E-state index contributed by atoms with van der Waals surface area (Å²) < 4.78 is 0. The third kappa shape index (κ3) is 2.61. The van der Waals surface area contributed by atoms with Crippen molar-refractivity contribution in [2.24, 2.45) is 0 Å². The SMILES string of the molecule is CN1C(=O)CCN1c1ccc(CCC(=O)O)cc1. The van der Waals surface area contributed by atoms with Gasteiger partial charge in [-0.1, -0.05) is 12.1 Å². The maximum atomic E-state index is 11.4. The predicted molar refractivity (Wildman–Crippen MR) is 67.1 cm³/mol. The molecule has 1 aliphatic rings. The highest BCUT2D eigenvalue weighted by Crippen LogP contribution is 2.21. The third-order valence-electron chi connectivity index (χ3n) is 3.12. The third-order valence-corrected chi connectivity index (χ3v) is 3.12. The van der Waals surface area contributed by atoms with Crippen LogP contribution in [0.5, 0.6) is 0 Å². The van der Waals surface area contributed by atoms with Crippen LogP contribution in [0.4, 0.5) is 5.69 Å². The second-order valence-electron chi connectivity index (χ2n) is 4.35. The number of aliphatic carboxylic acids is 1. The molecular formula is C13H16N2O3. The zero-order valence-electron chi connectivity index (χ0n) is 10.3. The quantitative estimate of drug-likeness (QED) is 0.872. The highest BCUT2D eigenvalue weighted by Gasteiger charge is 2.25. The average molecular weight is 248 g/mol. The predicted octanol–water partition coefficient (Wildman–Crippen LogP) is 1.29. The summed E-state index contributed by atoms with van der Waals surface area (Å²) in [6.07, 6.45) is 1.21. The van der Waals surface area contributed by atoms with Crippen molar-refractivity contribution in [1.29, 1.82) is 0 Å². The molecule has 1 N–H and O–H groups in total. The molecule has 1 amide bonds. The molecule has 0 spiro atoms. The molecular weight excluding hydrogens is 232 g/mol. The van der Waals surface area contributed by atoms with E-state index in [4.69, 9.17) is 5.11 Å². The van der Waals surface area contributed by atoms with E-state index < -0.39 is 5.97 Å². The Morgan fingerprint density at radius 3 is 2.50 bits per heavy atom. The van der Waals surface area contributed by atoms with Gasteiger partial charge in [0.2, 0.25) is 5.91 Å². The number of carboxylic acids is 1. The van der Waals surface area contributed by atoms with Gasteiger partial charge in [-0.15, -0.1) is 0 Å². The summed E-state index contributed by atoms with van der Waals surface area (Å²) in [5.74, 6) is -0.672. The summed E-state index contributed by atoms with van der Waals surface area (Å²) in [4.78, 5) is 21.9. The molecule has 1 aromatic carbocycles. The maximum Gasteiger partial charge on any atom is 0.303 e. The van der Waals surface area contributed by atoms with E-state index in [2.05, 4.69) is 0 Å². The molecule has 18 heavy (non-hydrogen) atoms. The van der Waals surface area contributed by atoms with E-state index in [9.17, 15) is 9.59 Å². The van der Waals surface area contributed by atoms with Gasteiger partial charge in [0.05, 0.1) is 5.69 Å². The van der Waals surface area contributed by atoms with Gasteiger partial charge in [-0.25, -0.2) is 0 Å². The Kier molecular flexibility index (Phi) is 3.50. The zero-order chi connectivity index (χ0) is 13.1. The molecule has 5 nitrogen and oxygen atoms in total. The monoisotopic (exact) mass is 248 g/mol. The van der Waals surface area contributed by atoms with E-state index in [1.165, 1.54) is 0 Å². The number of aryl methyl sites for hydroxylation is 1. The summed E-state index contributed by atoms with van der Waals surface area (Å²) >= 11 is 0. The molecule has 96 valence electrons. The standard InChI is InChI=1S/C13H16N2O3/c1-14-12(16)8-9-15(14)11-5-2-10(3-6-11)4-7-13(17)18/h2-3,5-6H,4,7-9H2,1H3,(H,17,18). The van der Waals surface area contributed by atoms with Gasteiger partial charge in [0, 0.05) is 26.4 Å². The number of nitrogens with zero attached hydrogens (tertiary/aromatic N) is 2. The van der Waals surface area contributed by atoms with Crippen molar-refractivity contribution in [2.75, 3.05) is 18.6 Å². The van der Waals surface area contributed by atoms with Gasteiger partial charge >= 0.3 is 5.97 Å². The van der Waals surface area contributed by atoms with Crippen LogP contribution in [0.15, 0.2) is 24.3 Å². The fraction of sp³-hybridized carbons (Fsp3) is 0.385. The normalized spacial score (nSPS) is 15.3. The minimum atomic E-state index is -0.788. The van der Waals surface area contributed by atoms with Crippen LogP contribution in [0.25, 0.3) is 0 Å². The molecule has 1 fully saturated rings. The van der Waals surface area contributed by atoms with E-state index in [1.807, 2.05) is 29.3 Å². The highest BCUT2D eigenvalue weighted by atomic mass is 16.4. The molecule has 0 saturated carbocycles. The molecule has 0 bridgehead atoms. The molecule has 1 aliphatic heterocycles. The lowest BCUT2D eigenvalue weighted by molar-refractivity contribution is -0.137. The molecule has 2 rings (SSSR count). The Morgan fingerprint density at radius 2 is 2.00 bits per heavy atom. The maximum absolute atomic E-state index is 11.4. The van der Waals surface area contributed by atoms with Crippen LogP contribution < -0.4 is 5.01 Å². The van der Waals surface area contributed by atoms with Gasteiger partial charge in [-0.05, 0) is 24.1 Å². The van der Waals surface area contributed by atoms with E-state index in [-0.39, 0.29) is 12.3 Å². The molecule has 0 unspecified atom stereocenters. The summed E-state index contributed by atoms with van der Waals surface area (Å²) in [5.41, 5.74) is 1.96. The van der Waals surface area contributed by atoms with Crippen molar-refractivity contribution in [3.8, 4) is 0 Å². The molecule has 0 atom stereocenters. The van der Waals surface area contributed by atoms with Crippen molar-refractivity contribution >= 4 is 17.6 Å². The molecule has 1 heterocycles. The molecule has 1 saturated heterocycles. The first kappa shape index (κ1) is 12.4. The number of carbonyl (C=O) groups excluding carboxylic acids is 1. The lowest BCUT2D eigenvalue weighted by Crippen LogP contribution is -2.35. The number of benzene rings is 1. The molecule has 0 aliphatic carbocycles. The number of carbonyl (C=O) groups is 2. The van der Waals surface area contributed by atoms with Gasteiger partial charge in [0.25, 0.3) is 0 Å². The van der Waals surface area contributed by atoms with Crippen LogP contribution >= 0.6 is 0 Å². The second kappa shape index (κ2) is 5.08. The van der Waals surface area contributed by atoms with Crippen molar-refractivity contribution in [3.05, 3.63) is 29.8 Å². The van der Waals surface area contributed by atoms with E-state index in [0.717, 1.165) is 11.3 Å². The fourth-order valence-electron chi connectivity index (χ4n) is 2.04. The van der Waals surface area contributed by atoms with Crippen molar-refractivity contribution < 1.29 is 14.7 Å². The molecule has 5 heteroatoms. The average Bonchev–Trinajstić information content (AvgIpc) is 2.68. The van der Waals surface area contributed by atoms with Crippen molar-refractivity contribution in [1.82, 2.24) is 5.01 Å². The number of hydrazine groups is 1. The van der Waals surface area contributed by atoms with Crippen LogP contribution in [0, 0.1) is 0 Å². The number of carboxylic acid groups (broad SMARTS) is 1. The number of rotatable bonds is 4. The number of hydrogen-bond donors (Lipinski definition) is 1. The van der Waals surface area contributed by atoms with E-state index in [0.29, 0.717) is 19.4 Å². The number of hydrogen-bond acceptors (Lipinski definition) is 3. The van der Waals surface area contributed by atoms with Crippen LogP contribution in [0.2, 0.25) is 0 Å². The first-order valence-electron chi connectivity index (χ1n) is 5.92. The van der Waals surface area contributed by atoms with Crippen LogP contribution in [0.1, 0.15) is 18.4 Å². The number of amides is 1. The van der Waals surface area contributed by atoms with Gasteiger partial charge in [-0.3, -0.25) is 19.6 Å². The van der Waals surface area contributed by atoms with Crippen LogP contribution in [0.3, 0.4) is 0 Å². The smallest absolute Gasteiger partial charge is 0.303 e. The van der Waals surface area contributed by atoms with E-state index in [1.54, 1.807) is 12.1 Å². The second-order valence-corrected chi connectivity index (χ2v) is 4.35. The first-order valence-corrected chi connectivity index (χ1v) is 5.92. The van der Waals surface area contributed by atoms with Crippen LogP contribution in [-0.2, 0) is 16.0 Å². The Labute approximate surface area is 106 Å². The topological polar surface area (TPSA) is 60.9 Å². The van der Waals surface area contributed by atoms with Gasteiger partial charge in [-0.2, -0.15) is 0 Å². The van der Waals surface area contributed by atoms with Crippen molar-refractivity contribution in [2.45, 2.75) is 19.3 Å². The number of anilines is 1. The summed E-state index contributed by atoms with van der Waals surface area (Å²) in [5, 5.41) is 12.2. The largest absolute Gasteiger partial charge is 0.481 e. The molecule has 0 aromatic heterocycles. The summed E-state index contributed by atoms with van der Waals surface area (Å²) in [6.45, 7) is 0.698. The van der Waals surface area contributed by atoms with Gasteiger partial charge in [0.1, 0.15) is 0 Å². The molecule has 0 radical (unpaired) electrons. The Morgan fingerprint density at radius 1 is 1.33 bits per heavy atom. The summed E-state index contributed by atoms with van der Waals surface area (Å²) in [6, 6.07) is 7.67. The highest BCUT2D eigenvalue weighted by molar-refractivity contribution is 5.81. The van der Waals surface area contributed by atoms with E-state index >= 15 is 0 Å². The lowest BCUT2D eigenvalue weighted by atomic mass is 10.1. The Hall–Kier alpha value is -2.04.